The third-order valence-corrected chi connectivity index (χ3v) is 2.04. The van der Waals surface area contributed by atoms with Crippen LogP contribution in [0, 0.1) is 5.92 Å². The van der Waals surface area contributed by atoms with Crippen molar-refractivity contribution in [3.05, 3.63) is 24.3 Å². The molecule has 4 heteroatoms. The smallest absolute Gasteiger partial charge is 0.115 e. The molecule has 0 aromatic carbocycles. The van der Waals surface area contributed by atoms with Crippen molar-refractivity contribution in [1.82, 2.24) is 15.3 Å². The lowest BCUT2D eigenvalue weighted by molar-refractivity contribution is 0.108. The Kier molecular flexibility index (Phi) is 6.69. The van der Waals surface area contributed by atoms with Crippen LogP contribution in [0.2, 0.25) is 0 Å². The fourth-order valence-corrected chi connectivity index (χ4v) is 1.27. The van der Waals surface area contributed by atoms with E-state index in [1.807, 2.05) is 12.4 Å². The molecule has 1 N–H and O–H groups in total. The minimum atomic E-state index is 0.620. The minimum absolute atomic E-state index is 0.620. The maximum atomic E-state index is 5.48. The largest absolute Gasteiger partial charge is 0.381 e. The average Bonchev–Trinajstić information content (AvgIpc) is 2.29. The van der Waals surface area contributed by atoms with Crippen LogP contribution >= 0.6 is 0 Å². The molecule has 1 aromatic rings. The lowest BCUT2D eigenvalue weighted by atomic mass is 10.2. The highest BCUT2D eigenvalue weighted by Gasteiger charge is 1.94. The summed E-state index contributed by atoms with van der Waals surface area (Å²) >= 11 is 0. The van der Waals surface area contributed by atoms with E-state index in [0.29, 0.717) is 5.92 Å². The first-order valence-corrected chi connectivity index (χ1v) is 5.81. The molecule has 0 saturated carbocycles. The molecular formula is C12H21N3O. The van der Waals surface area contributed by atoms with Crippen LogP contribution in [-0.2, 0) is 11.3 Å². The van der Waals surface area contributed by atoms with Crippen molar-refractivity contribution in [2.24, 2.45) is 5.92 Å². The molecule has 0 aliphatic rings. The molecule has 4 nitrogen and oxygen atoms in total. The Morgan fingerprint density at radius 3 is 2.75 bits per heavy atom. The molecule has 0 bridgehead atoms. The van der Waals surface area contributed by atoms with E-state index in [-0.39, 0.29) is 0 Å². The first-order valence-electron chi connectivity index (χ1n) is 5.81. The monoisotopic (exact) mass is 223 g/mol. The van der Waals surface area contributed by atoms with Crippen LogP contribution in [0.25, 0.3) is 0 Å². The lowest BCUT2D eigenvalue weighted by Crippen LogP contribution is -2.17. The third kappa shape index (κ3) is 6.48. The molecule has 0 spiro atoms. The Hall–Kier alpha value is -1.00. The first kappa shape index (κ1) is 13.1. The van der Waals surface area contributed by atoms with E-state index in [1.165, 1.54) is 0 Å². The zero-order valence-electron chi connectivity index (χ0n) is 10.1. The van der Waals surface area contributed by atoms with Crippen molar-refractivity contribution in [3.8, 4) is 0 Å². The van der Waals surface area contributed by atoms with Gasteiger partial charge in [-0.3, -0.25) is 0 Å². The number of rotatable bonds is 8. The van der Waals surface area contributed by atoms with Crippen molar-refractivity contribution >= 4 is 0 Å². The summed E-state index contributed by atoms with van der Waals surface area (Å²) in [7, 11) is 0. The van der Waals surface area contributed by atoms with E-state index in [9.17, 15) is 0 Å². The van der Waals surface area contributed by atoms with Gasteiger partial charge in [-0.15, -0.1) is 0 Å². The molecular weight excluding hydrogens is 202 g/mol. The third-order valence-electron chi connectivity index (χ3n) is 2.04. The second-order valence-corrected chi connectivity index (χ2v) is 4.25. The summed E-state index contributed by atoms with van der Waals surface area (Å²) in [6.45, 7) is 7.79. The van der Waals surface area contributed by atoms with Gasteiger partial charge < -0.3 is 10.1 Å². The van der Waals surface area contributed by atoms with Gasteiger partial charge in [0, 0.05) is 37.7 Å². The zero-order valence-corrected chi connectivity index (χ0v) is 10.1. The number of ether oxygens (including phenoxy) is 1. The van der Waals surface area contributed by atoms with Gasteiger partial charge in [-0.1, -0.05) is 13.8 Å². The van der Waals surface area contributed by atoms with E-state index < -0.39 is 0 Å². The molecule has 0 radical (unpaired) electrons. The molecule has 0 amide bonds. The average molecular weight is 223 g/mol. The van der Waals surface area contributed by atoms with Gasteiger partial charge in [0.05, 0.1) is 0 Å². The Balaban J connectivity index is 1.93. The predicted octanol–water partition coefficient (Wildman–Crippen LogP) is 1.63. The second-order valence-electron chi connectivity index (χ2n) is 4.25. The number of nitrogens with one attached hydrogen (secondary N) is 1. The molecule has 0 fully saturated rings. The number of hydrogen-bond donors (Lipinski definition) is 1. The van der Waals surface area contributed by atoms with Gasteiger partial charge in [0.25, 0.3) is 0 Å². The topological polar surface area (TPSA) is 47.0 Å². The summed E-state index contributed by atoms with van der Waals surface area (Å²) in [6.07, 6.45) is 6.24. The van der Waals surface area contributed by atoms with Crippen LogP contribution < -0.4 is 5.32 Å². The maximum absolute atomic E-state index is 5.48. The van der Waals surface area contributed by atoms with Gasteiger partial charge in [-0.05, 0) is 18.9 Å². The summed E-state index contributed by atoms with van der Waals surface area (Å²) in [5.41, 5.74) is 1.12. The first-order chi connectivity index (χ1) is 7.79. The summed E-state index contributed by atoms with van der Waals surface area (Å²) in [4.78, 5) is 7.91. The van der Waals surface area contributed by atoms with Crippen LogP contribution in [-0.4, -0.2) is 29.7 Å². The van der Waals surface area contributed by atoms with Crippen LogP contribution in [0.5, 0.6) is 0 Å². The predicted molar refractivity (Wildman–Crippen MR) is 64.0 cm³/mol. The van der Waals surface area contributed by atoms with Crippen LogP contribution in [0.3, 0.4) is 0 Å². The Bertz CT molecular complexity index is 264. The molecule has 0 aliphatic heterocycles. The molecule has 0 saturated heterocycles. The van der Waals surface area contributed by atoms with Gasteiger partial charge in [0.15, 0.2) is 0 Å². The summed E-state index contributed by atoms with van der Waals surface area (Å²) in [5.74, 6) is 0.620. The van der Waals surface area contributed by atoms with Crippen molar-refractivity contribution in [1.29, 1.82) is 0 Å². The van der Waals surface area contributed by atoms with Crippen molar-refractivity contribution in [3.63, 3.8) is 0 Å². The van der Waals surface area contributed by atoms with Gasteiger partial charge in [0.2, 0.25) is 0 Å². The van der Waals surface area contributed by atoms with E-state index in [0.717, 1.165) is 38.3 Å². The highest BCUT2D eigenvalue weighted by Crippen LogP contribution is 1.94. The van der Waals surface area contributed by atoms with Crippen LogP contribution in [0.1, 0.15) is 25.8 Å². The van der Waals surface area contributed by atoms with Gasteiger partial charge in [-0.2, -0.15) is 0 Å². The van der Waals surface area contributed by atoms with Crippen molar-refractivity contribution in [2.45, 2.75) is 26.8 Å². The van der Waals surface area contributed by atoms with Crippen LogP contribution in [0.4, 0.5) is 0 Å². The van der Waals surface area contributed by atoms with E-state index in [4.69, 9.17) is 4.74 Å². The molecule has 90 valence electrons. The number of nitrogens with zero attached hydrogens (tertiary/aromatic N) is 2. The standard InChI is InChI=1S/C12H21N3O/c1-11(2)9-16-5-3-4-13-6-12-7-14-10-15-8-12/h7-8,10-11,13H,3-6,9H2,1-2H3. The van der Waals surface area contributed by atoms with Crippen molar-refractivity contribution in [2.75, 3.05) is 19.8 Å². The lowest BCUT2D eigenvalue weighted by Gasteiger charge is -2.07. The summed E-state index contributed by atoms with van der Waals surface area (Å²) < 4.78 is 5.48. The minimum Gasteiger partial charge on any atom is -0.381 e. The van der Waals surface area contributed by atoms with Crippen LogP contribution in [0.15, 0.2) is 18.7 Å². The van der Waals surface area contributed by atoms with E-state index in [2.05, 4.69) is 29.1 Å². The molecule has 0 aliphatic carbocycles. The second kappa shape index (κ2) is 8.19. The number of aromatic nitrogens is 2. The van der Waals surface area contributed by atoms with E-state index >= 15 is 0 Å². The van der Waals surface area contributed by atoms with Crippen molar-refractivity contribution < 1.29 is 4.74 Å². The number of hydrogen-bond acceptors (Lipinski definition) is 4. The maximum Gasteiger partial charge on any atom is 0.115 e. The molecule has 1 rings (SSSR count). The fourth-order valence-electron chi connectivity index (χ4n) is 1.27. The van der Waals surface area contributed by atoms with E-state index in [1.54, 1.807) is 6.33 Å². The van der Waals surface area contributed by atoms with Gasteiger partial charge >= 0.3 is 0 Å². The molecule has 16 heavy (non-hydrogen) atoms. The van der Waals surface area contributed by atoms with Gasteiger partial charge in [-0.25, -0.2) is 9.97 Å². The molecule has 1 aromatic heterocycles. The quantitative estimate of drug-likeness (QED) is 0.680. The Labute approximate surface area is 97.5 Å². The Morgan fingerprint density at radius 2 is 2.06 bits per heavy atom. The highest BCUT2D eigenvalue weighted by molar-refractivity contribution is 5.01. The normalized spacial score (nSPS) is 10.9. The SMILES string of the molecule is CC(C)COCCCNCc1cncnc1. The molecule has 0 unspecified atom stereocenters. The summed E-state index contributed by atoms with van der Waals surface area (Å²) in [5, 5.41) is 3.33. The Morgan fingerprint density at radius 1 is 1.31 bits per heavy atom. The zero-order chi connectivity index (χ0) is 11.6. The highest BCUT2D eigenvalue weighted by atomic mass is 16.5. The summed E-state index contributed by atoms with van der Waals surface area (Å²) in [6, 6.07) is 0. The molecule has 0 atom stereocenters. The fraction of sp³-hybridized carbons (Fsp3) is 0.667. The molecule has 1 heterocycles. The van der Waals surface area contributed by atoms with Gasteiger partial charge in [0.1, 0.15) is 6.33 Å².